The van der Waals surface area contributed by atoms with Crippen molar-refractivity contribution >= 4 is 21.4 Å². The Bertz CT molecular complexity index is 1180. The average Bonchev–Trinajstić information content (AvgIpc) is 2.79. The van der Waals surface area contributed by atoms with Crippen molar-refractivity contribution in [2.75, 3.05) is 13.2 Å². The third kappa shape index (κ3) is 4.27. The molecule has 3 aromatic rings. The normalized spacial score (nSPS) is 16.0. The third-order valence-corrected chi connectivity index (χ3v) is 8.84. The molecule has 3 aromatic carbocycles. The first-order valence-electron chi connectivity index (χ1n) is 10.4. The van der Waals surface area contributed by atoms with Gasteiger partial charge in [-0.15, -0.1) is 0 Å². The van der Waals surface area contributed by atoms with Crippen molar-refractivity contribution in [1.29, 1.82) is 0 Å². The van der Waals surface area contributed by atoms with E-state index in [-0.39, 0.29) is 12.2 Å². The van der Waals surface area contributed by atoms with Crippen LogP contribution in [0.3, 0.4) is 0 Å². The zero-order valence-electron chi connectivity index (χ0n) is 17.7. The Kier molecular flexibility index (Phi) is 6.56. The van der Waals surface area contributed by atoms with E-state index in [1.165, 1.54) is 12.1 Å². The summed E-state index contributed by atoms with van der Waals surface area (Å²) in [5, 5.41) is 0.298. The van der Waals surface area contributed by atoms with Gasteiger partial charge in [-0.25, -0.2) is 12.8 Å². The number of aryl methyl sites for hydroxylation is 1. The second-order valence-electron chi connectivity index (χ2n) is 7.94. The fraction of sp³-hybridized carbons (Fsp3) is 0.280. The molecule has 0 aromatic heterocycles. The second-order valence-corrected chi connectivity index (χ2v) is 10.6. The van der Waals surface area contributed by atoms with Crippen LogP contribution in [-0.2, 0) is 25.9 Å². The molecule has 1 saturated heterocycles. The van der Waals surface area contributed by atoms with Crippen LogP contribution in [0.2, 0.25) is 5.02 Å². The van der Waals surface area contributed by atoms with Gasteiger partial charge in [-0.1, -0.05) is 41.9 Å². The Hall–Kier alpha value is -2.41. The van der Waals surface area contributed by atoms with Gasteiger partial charge >= 0.3 is 0 Å². The van der Waals surface area contributed by atoms with Crippen LogP contribution in [0, 0.1) is 12.7 Å². The van der Waals surface area contributed by atoms with Gasteiger partial charge in [0, 0.05) is 18.8 Å². The summed E-state index contributed by atoms with van der Waals surface area (Å²) >= 11 is 6.06. The van der Waals surface area contributed by atoms with E-state index < -0.39 is 20.4 Å². The molecular formula is C25H24ClFO4S. The van der Waals surface area contributed by atoms with Crippen molar-refractivity contribution in [3.8, 4) is 5.75 Å². The summed E-state index contributed by atoms with van der Waals surface area (Å²) in [7, 11) is -3.67. The van der Waals surface area contributed by atoms with E-state index in [4.69, 9.17) is 21.1 Å². The SMILES string of the molecule is Cc1cccc(S(=O)(=O)C2(c3ccc(OCc4c(F)cccc4Cl)cc3)CCOCC2)c1. The lowest BCUT2D eigenvalue weighted by Crippen LogP contribution is -2.41. The minimum absolute atomic E-state index is 0.0224. The van der Waals surface area contributed by atoms with Gasteiger partial charge < -0.3 is 9.47 Å². The minimum atomic E-state index is -3.67. The minimum Gasteiger partial charge on any atom is -0.489 e. The number of halogens is 2. The van der Waals surface area contributed by atoms with Gasteiger partial charge in [-0.05, 0) is 67.3 Å². The zero-order valence-corrected chi connectivity index (χ0v) is 19.3. The lowest BCUT2D eigenvalue weighted by atomic mass is 9.90. The molecule has 168 valence electrons. The molecule has 0 atom stereocenters. The highest BCUT2D eigenvalue weighted by Gasteiger charge is 2.47. The Morgan fingerprint density at radius 2 is 1.72 bits per heavy atom. The van der Waals surface area contributed by atoms with Gasteiger partial charge in [0.1, 0.15) is 22.9 Å². The summed E-state index contributed by atoms with van der Waals surface area (Å²) in [6, 6.07) is 18.5. The highest BCUT2D eigenvalue weighted by molar-refractivity contribution is 7.92. The molecule has 0 bridgehead atoms. The van der Waals surface area contributed by atoms with Crippen LogP contribution in [0.25, 0.3) is 0 Å². The number of sulfone groups is 1. The third-order valence-electron chi connectivity index (χ3n) is 5.94. The first-order chi connectivity index (χ1) is 15.3. The fourth-order valence-corrected chi connectivity index (χ4v) is 6.52. The smallest absolute Gasteiger partial charge is 0.188 e. The molecule has 0 amide bonds. The van der Waals surface area contributed by atoms with Crippen molar-refractivity contribution in [3.05, 3.63) is 94.3 Å². The Morgan fingerprint density at radius 1 is 1.03 bits per heavy atom. The summed E-state index contributed by atoms with van der Waals surface area (Å²) < 4.78 is 51.7. The van der Waals surface area contributed by atoms with Crippen LogP contribution in [0.5, 0.6) is 5.75 Å². The van der Waals surface area contributed by atoms with Crippen molar-refractivity contribution in [1.82, 2.24) is 0 Å². The van der Waals surface area contributed by atoms with E-state index in [0.29, 0.717) is 47.3 Å². The van der Waals surface area contributed by atoms with Crippen LogP contribution in [-0.4, -0.2) is 21.6 Å². The summed E-state index contributed by atoms with van der Waals surface area (Å²) in [4.78, 5) is 0.314. The van der Waals surface area contributed by atoms with Crippen LogP contribution in [0.1, 0.15) is 29.5 Å². The maximum Gasteiger partial charge on any atom is 0.188 e. The van der Waals surface area contributed by atoms with Gasteiger partial charge in [-0.3, -0.25) is 0 Å². The summed E-state index contributed by atoms with van der Waals surface area (Å²) in [5.74, 6) is 0.0720. The molecule has 0 spiro atoms. The summed E-state index contributed by atoms with van der Waals surface area (Å²) in [6.07, 6.45) is 0.739. The molecule has 4 rings (SSSR count). The first kappa shape index (κ1) is 22.8. The Balaban J connectivity index is 1.63. The van der Waals surface area contributed by atoms with Gasteiger partial charge in [0.2, 0.25) is 0 Å². The Labute approximate surface area is 192 Å². The van der Waals surface area contributed by atoms with E-state index in [1.54, 1.807) is 48.5 Å². The second kappa shape index (κ2) is 9.22. The first-order valence-corrected chi connectivity index (χ1v) is 12.2. The molecule has 32 heavy (non-hydrogen) atoms. The molecule has 0 saturated carbocycles. The number of ether oxygens (including phenoxy) is 2. The molecule has 1 fully saturated rings. The molecular weight excluding hydrogens is 451 g/mol. The van der Waals surface area contributed by atoms with Crippen LogP contribution in [0.4, 0.5) is 4.39 Å². The molecule has 7 heteroatoms. The largest absolute Gasteiger partial charge is 0.489 e. The number of benzene rings is 3. The van der Waals surface area contributed by atoms with Crippen molar-refractivity contribution < 1.29 is 22.3 Å². The van der Waals surface area contributed by atoms with Crippen LogP contribution < -0.4 is 4.74 Å². The van der Waals surface area contributed by atoms with E-state index in [0.717, 1.165) is 5.56 Å². The zero-order chi connectivity index (χ0) is 22.8. The lowest BCUT2D eigenvalue weighted by Gasteiger charge is -2.37. The summed E-state index contributed by atoms with van der Waals surface area (Å²) in [5.41, 5.74) is 1.86. The molecule has 1 aliphatic heterocycles. The van der Waals surface area contributed by atoms with Crippen molar-refractivity contribution in [2.45, 2.75) is 36.0 Å². The number of rotatable bonds is 6. The molecule has 1 heterocycles. The van der Waals surface area contributed by atoms with E-state index >= 15 is 0 Å². The number of hydrogen-bond donors (Lipinski definition) is 0. The molecule has 4 nitrogen and oxygen atoms in total. The maximum atomic E-state index is 14.0. The lowest BCUT2D eigenvalue weighted by molar-refractivity contribution is 0.0740. The molecule has 0 radical (unpaired) electrons. The summed E-state index contributed by atoms with van der Waals surface area (Å²) in [6.45, 7) is 2.60. The quantitative estimate of drug-likeness (QED) is 0.450. The highest BCUT2D eigenvalue weighted by atomic mass is 35.5. The highest BCUT2D eigenvalue weighted by Crippen LogP contribution is 2.44. The van der Waals surface area contributed by atoms with E-state index in [9.17, 15) is 12.8 Å². The fourth-order valence-electron chi connectivity index (χ4n) is 4.10. The molecule has 0 N–H and O–H groups in total. The van der Waals surface area contributed by atoms with Gasteiger partial charge in [0.05, 0.1) is 9.92 Å². The molecule has 1 aliphatic rings. The van der Waals surface area contributed by atoms with Crippen LogP contribution in [0.15, 0.2) is 71.6 Å². The Morgan fingerprint density at radius 3 is 2.38 bits per heavy atom. The maximum absolute atomic E-state index is 14.0. The van der Waals surface area contributed by atoms with E-state index in [1.807, 2.05) is 13.0 Å². The average molecular weight is 475 g/mol. The predicted molar refractivity (Wildman–Crippen MR) is 122 cm³/mol. The van der Waals surface area contributed by atoms with Gasteiger partial charge in [0.15, 0.2) is 9.84 Å². The predicted octanol–water partition coefficient (Wildman–Crippen LogP) is 5.85. The van der Waals surface area contributed by atoms with E-state index in [2.05, 4.69) is 0 Å². The molecule has 0 unspecified atom stereocenters. The van der Waals surface area contributed by atoms with Crippen molar-refractivity contribution in [3.63, 3.8) is 0 Å². The monoisotopic (exact) mass is 474 g/mol. The number of hydrogen-bond acceptors (Lipinski definition) is 4. The molecule has 0 aliphatic carbocycles. The van der Waals surface area contributed by atoms with Gasteiger partial charge in [0.25, 0.3) is 0 Å². The van der Waals surface area contributed by atoms with Crippen molar-refractivity contribution in [2.24, 2.45) is 0 Å². The topological polar surface area (TPSA) is 52.6 Å². The van der Waals surface area contributed by atoms with Gasteiger partial charge in [-0.2, -0.15) is 0 Å². The standard InChI is InChI=1S/C25H24ClFO4S/c1-18-4-2-5-21(16-18)32(28,29)25(12-14-30-15-13-25)19-8-10-20(11-9-19)31-17-22-23(26)6-3-7-24(22)27/h2-11,16H,12-15,17H2,1H3. The van der Waals surface area contributed by atoms with Crippen LogP contribution >= 0.6 is 11.6 Å².